The van der Waals surface area contributed by atoms with Crippen molar-refractivity contribution in [1.82, 2.24) is 10.6 Å². The SMILES string of the molecule is O=C(N[C@@H]1CCCc2ccccc21)[C@H]1CS[C@H](Cc2ccccc2F)C(=O)N1. The second-order valence-corrected chi connectivity index (χ2v) is 8.57. The molecule has 2 aromatic rings. The van der Waals surface area contributed by atoms with Gasteiger partial charge in [0, 0.05) is 5.75 Å². The van der Waals surface area contributed by atoms with Crippen LogP contribution in [0, 0.1) is 5.82 Å². The molecule has 2 aliphatic rings. The third-order valence-electron chi connectivity index (χ3n) is 5.44. The quantitative estimate of drug-likeness (QED) is 0.832. The molecule has 1 aliphatic carbocycles. The molecule has 0 unspecified atom stereocenters. The van der Waals surface area contributed by atoms with Gasteiger partial charge in [0.05, 0.1) is 11.3 Å². The summed E-state index contributed by atoms with van der Waals surface area (Å²) in [6.45, 7) is 0. The number of nitrogens with one attached hydrogen (secondary N) is 2. The van der Waals surface area contributed by atoms with Crippen LogP contribution in [0.1, 0.15) is 35.6 Å². The molecule has 0 aromatic heterocycles. The number of fused-ring (bicyclic) bond motifs is 1. The first-order valence-corrected chi connectivity index (χ1v) is 10.7. The molecule has 2 amide bonds. The maximum Gasteiger partial charge on any atom is 0.243 e. The van der Waals surface area contributed by atoms with Crippen molar-refractivity contribution in [2.24, 2.45) is 0 Å². The number of rotatable bonds is 4. The van der Waals surface area contributed by atoms with Crippen molar-refractivity contribution in [3.8, 4) is 0 Å². The lowest BCUT2D eigenvalue weighted by atomic mass is 9.87. The van der Waals surface area contributed by atoms with Gasteiger partial charge in [0.1, 0.15) is 11.9 Å². The van der Waals surface area contributed by atoms with Crippen LogP contribution in [0.3, 0.4) is 0 Å². The largest absolute Gasteiger partial charge is 0.347 e. The van der Waals surface area contributed by atoms with Crippen molar-refractivity contribution in [3.05, 3.63) is 71.0 Å². The Hall–Kier alpha value is -2.34. The van der Waals surface area contributed by atoms with Crippen molar-refractivity contribution in [1.29, 1.82) is 0 Å². The first-order chi connectivity index (χ1) is 13.6. The third-order valence-corrected chi connectivity index (χ3v) is 6.75. The molecule has 0 radical (unpaired) electrons. The van der Waals surface area contributed by atoms with Gasteiger partial charge in [-0.3, -0.25) is 9.59 Å². The summed E-state index contributed by atoms with van der Waals surface area (Å²) in [6, 6.07) is 14.1. The predicted octanol–water partition coefficient (Wildman–Crippen LogP) is 3.16. The zero-order valence-corrected chi connectivity index (χ0v) is 16.3. The fourth-order valence-corrected chi connectivity index (χ4v) is 5.10. The number of aryl methyl sites for hydroxylation is 1. The van der Waals surface area contributed by atoms with Crippen molar-refractivity contribution in [3.63, 3.8) is 0 Å². The fraction of sp³-hybridized carbons (Fsp3) is 0.364. The second kappa shape index (κ2) is 8.35. The van der Waals surface area contributed by atoms with Crippen LogP contribution in [0.25, 0.3) is 0 Å². The summed E-state index contributed by atoms with van der Waals surface area (Å²) >= 11 is 1.42. The van der Waals surface area contributed by atoms with Crippen LogP contribution >= 0.6 is 11.8 Å². The van der Waals surface area contributed by atoms with Gasteiger partial charge in [0.25, 0.3) is 0 Å². The van der Waals surface area contributed by atoms with Crippen LogP contribution in [-0.4, -0.2) is 28.9 Å². The molecule has 0 saturated carbocycles. The first kappa shape index (κ1) is 19.0. The Morgan fingerprint density at radius 1 is 1.18 bits per heavy atom. The molecule has 2 N–H and O–H groups in total. The molecular weight excluding hydrogens is 375 g/mol. The van der Waals surface area contributed by atoms with Crippen LogP contribution in [-0.2, 0) is 22.4 Å². The van der Waals surface area contributed by atoms with E-state index in [9.17, 15) is 14.0 Å². The van der Waals surface area contributed by atoms with Crippen molar-refractivity contribution >= 4 is 23.6 Å². The third kappa shape index (κ3) is 4.07. The van der Waals surface area contributed by atoms with E-state index in [1.54, 1.807) is 18.2 Å². The normalized spacial score (nSPS) is 24.2. The monoisotopic (exact) mass is 398 g/mol. The number of amides is 2. The van der Waals surface area contributed by atoms with E-state index < -0.39 is 6.04 Å². The van der Waals surface area contributed by atoms with E-state index in [1.165, 1.54) is 29.0 Å². The number of hydrogen-bond acceptors (Lipinski definition) is 3. The lowest BCUT2D eigenvalue weighted by Gasteiger charge is -2.31. The van der Waals surface area contributed by atoms with Crippen LogP contribution < -0.4 is 10.6 Å². The minimum atomic E-state index is -0.552. The minimum Gasteiger partial charge on any atom is -0.347 e. The maximum atomic E-state index is 13.9. The van der Waals surface area contributed by atoms with E-state index in [4.69, 9.17) is 0 Å². The summed E-state index contributed by atoms with van der Waals surface area (Å²) in [5.41, 5.74) is 2.98. The van der Waals surface area contributed by atoms with Gasteiger partial charge in [-0.1, -0.05) is 42.5 Å². The molecular formula is C22H23FN2O2S. The summed E-state index contributed by atoms with van der Waals surface area (Å²) < 4.78 is 13.9. The molecule has 146 valence electrons. The van der Waals surface area contributed by atoms with Crippen LogP contribution in [0.15, 0.2) is 48.5 Å². The molecule has 1 saturated heterocycles. The van der Waals surface area contributed by atoms with Crippen molar-refractivity contribution in [2.45, 2.75) is 43.0 Å². The fourth-order valence-electron chi connectivity index (χ4n) is 3.93. The average Bonchev–Trinajstić information content (AvgIpc) is 2.71. The lowest BCUT2D eigenvalue weighted by molar-refractivity contribution is -0.129. The molecule has 4 rings (SSSR count). The molecule has 28 heavy (non-hydrogen) atoms. The standard InChI is InChI=1S/C22H23FN2O2S/c23-17-10-4-2-7-15(17)12-20-22(27)25-19(13-28-20)21(26)24-18-11-5-8-14-6-1-3-9-16(14)18/h1-4,6-7,9-10,18-20H,5,8,11-13H2,(H,24,26)(H,25,27)/t18-,19-,20-/m1/s1. The second-order valence-electron chi connectivity index (χ2n) is 7.33. The van der Waals surface area contributed by atoms with Gasteiger partial charge in [-0.15, -0.1) is 11.8 Å². The van der Waals surface area contributed by atoms with E-state index in [2.05, 4.69) is 22.8 Å². The van der Waals surface area contributed by atoms with Crippen LogP contribution in [0.4, 0.5) is 4.39 Å². The Morgan fingerprint density at radius 2 is 1.96 bits per heavy atom. The predicted molar refractivity (Wildman–Crippen MR) is 109 cm³/mol. The van der Waals surface area contributed by atoms with Gasteiger partial charge in [0.2, 0.25) is 11.8 Å². The number of carbonyl (C=O) groups excluding carboxylic acids is 2. The Kier molecular flexibility index (Phi) is 5.67. The van der Waals surface area contributed by atoms with Crippen molar-refractivity contribution < 1.29 is 14.0 Å². The highest BCUT2D eigenvalue weighted by molar-refractivity contribution is 8.00. The highest BCUT2D eigenvalue weighted by Crippen LogP contribution is 2.30. The molecule has 6 heteroatoms. The smallest absolute Gasteiger partial charge is 0.243 e. The molecule has 0 spiro atoms. The zero-order valence-electron chi connectivity index (χ0n) is 15.5. The van der Waals surface area contributed by atoms with E-state index in [0.29, 0.717) is 17.7 Å². The number of hydrogen-bond donors (Lipinski definition) is 2. The van der Waals surface area contributed by atoms with Crippen molar-refractivity contribution in [2.75, 3.05) is 5.75 Å². The van der Waals surface area contributed by atoms with Crippen LogP contribution in [0.2, 0.25) is 0 Å². The number of carbonyl (C=O) groups is 2. The topological polar surface area (TPSA) is 58.2 Å². The van der Waals surface area contributed by atoms with Crippen LogP contribution in [0.5, 0.6) is 0 Å². The summed E-state index contributed by atoms with van der Waals surface area (Å²) in [5.74, 6) is -0.159. The summed E-state index contributed by atoms with van der Waals surface area (Å²) in [6.07, 6.45) is 3.31. The first-order valence-electron chi connectivity index (χ1n) is 9.65. The summed E-state index contributed by atoms with van der Waals surface area (Å²) in [4.78, 5) is 25.2. The number of thioether (sulfide) groups is 1. The number of benzene rings is 2. The van der Waals surface area contributed by atoms with E-state index in [-0.39, 0.29) is 28.9 Å². The molecule has 3 atom stereocenters. The zero-order chi connectivity index (χ0) is 19.5. The molecule has 1 fully saturated rings. The van der Waals surface area contributed by atoms with E-state index >= 15 is 0 Å². The Morgan fingerprint density at radius 3 is 2.79 bits per heavy atom. The molecule has 1 aliphatic heterocycles. The van der Waals surface area contributed by atoms with Gasteiger partial charge in [-0.05, 0) is 48.4 Å². The average molecular weight is 399 g/mol. The van der Waals surface area contributed by atoms with E-state index in [1.807, 2.05) is 12.1 Å². The number of halogens is 1. The van der Waals surface area contributed by atoms with Gasteiger partial charge in [-0.25, -0.2) is 4.39 Å². The highest BCUT2D eigenvalue weighted by Gasteiger charge is 2.34. The lowest BCUT2D eigenvalue weighted by Crippen LogP contribution is -2.55. The summed E-state index contributed by atoms with van der Waals surface area (Å²) in [5, 5.41) is 5.56. The molecule has 4 nitrogen and oxygen atoms in total. The van der Waals surface area contributed by atoms with E-state index in [0.717, 1.165) is 19.3 Å². The highest BCUT2D eigenvalue weighted by atomic mass is 32.2. The molecule has 2 aromatic carbocycles. The summed E-state index contributed by atoms with van der Waals surface area (Å²) in [7, 11) is 0. The van der Waals surface area contributed by atoms with Gasteiger partial charge in [0.15, 0.2) is 0 Å². The Labute approximate surface area is 168 Å². The van der Waals surface area contributed by atoms with Gasteiger partial charge in [-0.2, -0.15) is 0 Å². The maximum absolute atomic E-state index is 13.9. The molecule has 0 bridgehead atoms. The Bertz CT molecular complexity index is 888. The molecule has 1 heterocycles. The minimum absolute atomic E-state index is 0.00418. The van der Waals surface area contributed by atoms with Gasteiger partial charge < -0.3 is 10.6 Å². The van der Waals surface area contributed by atoms with Gasteiger partial charge >= 0.3 is 0 Å². The Balaban J connectivity index is 1.36.